The molecular formula is C19H22N4O3. The number of nitrogens with one attached hydrogen (secondary N) is 3. The van der Waals surface area contributed by atoms with E-state index >= 15 is 0 Å². The number of urea groups is 1. The Morgan fingerprint density at radius 1 is 1.00 bits per heavy atom. The van der Waals surface area contributed by atoms with E-state index in [0.717, 1.165) is 12.8 Å². The average molecular weight is 354 g/mol. The lowest BCUT2D eigenvalue weighted by molar-refractivity contribution is -0.384. The van der Waals surface area contributed by atoms with Gasteiger partial charge in [-0.1, -0.05) is 42.5 Å². The maximum atomic E-state index is 12.0. The molecule has 1 saturated carbocycles. The Bertz CT molecular complexity index is 775. The zero-order valence-corrected chi connectivity index (χ0v) is 14.4. The molecule has 7 heteroatoms. The molecule has 3 rings (SSSR count). The third kappa shape index (κ3) is 4.30. The normalized spacial score (nSPS) is 14.3. The lowest BCUT2D eigenvalue weighted by Crippen LogP contribution is -2.41. The van der Waals surface area contributed by atoms with Crippen molar-refractivity contribution in [3.05, 3.63) is 70.3 Å². The highest BCUT2D eigenvalue weighted by atomic mass is 16.6. The number of para-hydroxylation sites is 2. The van der Waals surface area contributed by atoms with Gasteiger partial charge in [0.15, 0.2) is 0 Å². The minimum atomic E-state index is -0.429. The van der Waals surface area contributed by atoms with E-state index in [1.807, 2.05) is 18.2 Å². The Hall–Kier alpha value is -3.09. The smallest absolute Gasteiger partial charge is 0.314 e. The van der Waals surface area contributed by atoms with E-state index in [1.165, 1.54) is 11.6 Å². The maximum Gasteiger partial charge on any atom is 0.314 e. The van der Waals surface area contributed by atoms with Crippen LogP contribution >= 0.6 is 0 Å². The molecule has 0 radical (unpaired) electrons. The van der Waals surface area contributed by atoms with Crippen LogP contribution in [-0.2, 0) is 5.41 Å². The summed E-state index contributed by atoms with van der Waals surface area (Å²) in [5.74, 6) is 0. The Labute approximate surface area is 152 Å². The average Bonchev–Trinajstić information content (AvgIpc) is 3.46. The second-order valence-electron chi connectivity index (χ2n) is 6.46. The lowest BCUT2D eigenvalue weighted by atomic mass is 9.96. The summed E-state index contributed by atoms with van der Waals surface area (Å²) >= 11 is 0. The number of nitrogens with zero attached hydrogens (tertiary/aromatic N) is 1. The number of nitro benzene ring substituents is 1. The molecule has 2 amide bonds. The quantitative estimate of drug-likeness (QED) is 0.386. The first-order valence-corrected chi connectivity index (χ1v) is 8.65. The first kappa shape index (κ1) is 17.7. The Morgan fingerprint density at radius 3 is 2.38 bits per heavy atom. The molecule has 1 aliphatic rings. The molecule has 26 heavy (non-hydrogen) atoms. The van der Waals surface area contributed by atoms with Gasteiger partial charge in [0.1, 0.15) is 5.69 Å². The lowest BCUT2D eigenvalue weighted by Gasteiger charge is -2.17. The van der Waals surface area contributed by atoms with E-state index in [2.05, 4.69) is 28.1 Å². The molecule has 0 atom stereocenters. The number of hydrogen-bond donors (Lipinski definition) is 3. The second-order valence-corrected chi connectivity index (χ2v) is 6.46. The fourth-order valence-electron chi connectivity index (χ4n) is 2.98. The third-order valence-corrected chi connectivity index (χ3v) is 4.65. The highest BCUT2D eigenvalue weighted by Gasteiger charge is 2.44. The van der Waals surface area contributed by atoms with Crippen molar-refractivity contribution in [3.63, 3.8) is 0 Å². The first-order valence-electron chi connectivity index (χ1n) is 8.65. The molecule has 0 heterocycles. The van der Waals surface area contributed by atoms with Crippen molar-refractivity contribution in [3.8, 4) is 0 Å². The number of anilines is 1. The van der Waals surface area contributed by atoms with Gasteiger partial charge in [0.05, 0.1) is 4.92 Å². The summed E-state index contributed by atoms with van der Waals surface area (Å²) in [4.78, 5) is 22.5. The zero-order valence-electron chi connectivity index (χ0n) is 14.4. The van der Waals surface area contributed by atoms with Crippen molar-refractivity contribution in [1.29, 1.82) is 0 Å². The van der Waals surface area contributed by atoms with Crippen molar-refractivity contribution in [2.45, 2.75) is 18.3 Å². The number of carbonyl (C=O) groups excluding carboxylic acids is 1. The van der Waals surface area contributed by atoms with Gasteiger partial charge in [-0.15, -0.1) is 0 Å². The van der Waals surface area contributed by atoms with Crippen LogP contribution in [0.5, 0.6) is 0 Å². The van der Waals surface area contributed by atoms with Crippen LogP contribution in [0.25, 0.3) is 0 Å². The van der Waals surface area contributed by atoms with E-state index < -0.39 is 4.92 Å². The molecule has 1 aliphatic carbocycles. The second kappa shape index (κ2) is 7.86. The molecule has 0 bridgehead atoms. The number of nitro groups is 1. The van der Waals surface area contributed by atoms with Crippen LogP contribution in [0.1, 0.15) is 18.4 Å². The maximum absolute atomic E-state index is 12.0. The third-order valence-electron chi connectivity index (χ3n) is 4.65. The highest BCUT2D eigenvalue weighted by Crippen LogP contribution is 2.47. The Morgan fingerprint density at radius 2 is 1.69 bits per heavy atom. The number of benzene rings is 2. The molecule has 3 N–H and O–H groups in total. The van der Waals surface area contributed by atoms with Gasteiger partial charge in [-0.25, -0.2) is 4.79 Å². The van der Waals surface area contributed by atoms with Crippen molar-refractivity contribution in [2.75, 3.05) is 25.0 Å². The summed E-state index contributed by atoms with van der Waals surface area (Å²) in [7, 11) is 0. The standard InChI is InChI=1S/C19H22N4O3/c24-18(22-14-19(10-11-19)15-6-2-1-3-7-15)21-13-12-20-16-8-4-5-9-17(16)23(25)26/h1-9,20H,10-14H2,(H2,21,22,24). The van der Waals surface area contributed by atoms with E-state index in [-0.39, 0.29) is 17.1 Å². The molecule has 2 aromatic carbocycles. The van der Waals surface area contributed by atoms with E-state index in [4.69, 9.17) is 0 Å². The topological polar surface area (TPSA) is 96.3 Å². The van der Waals surface area contributed by atoms with Crippen molar-refractivity contribution in [1.82, 2.24) is 10.6 Å². The summed E-state index contributed by atoms with van der Waals surface area (Å²) < 4.78 is 0. The summed E-state index contributed by atoms with van der Waals surface area (Å²) in [5.41, 5.74) is 1.80. The molecular weight excluding hydrogens is 332 g/mol. The van der Waals surface area contributed by atoms with Crippen LogP contribution in [0, 0.1) is 10.1 Å². The fourth-order valence-corrected chi connectivity index (χ4v) is 2.98. The zero-order chi connectivity index (χ0) is 18.4. The fraction of sp³-hybridized carbons (Fsp3) is 0.316. The Balaban J connectivity index is 1.40. The molecule has 0 saturated heterocycles. The van der Waals surface area contributed by atoms with E-state index in [9.17, 15) is 14.9 Å². The SMILES string of the molecule is O=C(NCCNc1ccccc1[N+](=O)[O-])NCC1(c2ccccc2)CC1. The van der Waals surface area contributed by atoms with Crippen molar-refractivity contribution in [2.24, 2.45) is 0 Å². The number of carbonyl (C=O) groups is 1. The van der Waals surface area contributed by atoms with Crippen LogP contribution < -0.4 is 16.0 Å². The van der Waals surface area contributed by atoms with Gasteiger partial charge in [0, 0.05) is 31.1 Å². The number of amides is 2. The van der Waals surface area contributed by atoms with Crippen LogP contribution in [0.4, 0.5) is 16.2 Å². The van der Waals surface area contributed by atoms with Gasteiger partial charge in [-0.05, 0) is 24.5 Å². The van der Waals surface area contributed by atoms with Gasteiger partial charge in [-0.3, -0.25) is 10.1 Å². The van der Waals surface area contributed by atoms with Crippen molar-refractivity contribution >= 4 is 17.4 Å². The number of hydrogen-bond acceptors (Lipinski definition) is 4. The molecule has 2 aromatic rings. The highest BCUT2D eigenvalue weighted by molar-refractivity contribution is 5.74. The predicted octanol–water partition coefficient (Wildman–Crippen LogP) is 3.04. The first-order chi connectivity index (χ1) is 12.6. The predicted molar refractivity (Wildman–Crippen MR) is 100 cm³/mol. The summed E-state index contributed by atoms with van der Waals surface area (Å²) in [6, 6.07) is 16.4. The summed E-state index contributed by atoms with van der Waals surface area (Å²) in [6.45, 7) is 1.39. The van der Waals surface area contributed by atoms with Gasteiger partial charge in [0.25, 0.3) is 5.69 Å². The van der Waals surface area contributed by atoms with Crippen LogP contribution in [0.3, 0.4) is 0 Å². The van der Waals surface area contributed by atoms with Gasteiger partial charge < -0.3 is 16.0 Å². The molecule has 7 nitrogen and oxygen atoms in total. The summed E-state index contributed by atoms with van der Waals surface area (Å²) in [5, 5.41) is 19.6. The largest absolute Gasteiger partial charge is 0.378 e. The van der Waals surface area contributed by atoms with Crippen LogP contribution in [0.15, 0.2) is 54.6 Å². The summed E-state index contributed by atoms with van der Waals surface area (Å²) in [6.07, 6.45) is 2.16. The molecule has 0 aromatic heterocycles. The monoisotopic (exact) mass is 354 g/mol. The van der Waals surface area contributed by atoms with Crippen LogP contribution in [-0.4, -0.2) is 30.6 Å². The molecule has 0 spiro atoms. The van der Waals surface area contributed by atoms with Crippen LogP contribution in [0.2, 0.25) is 0 Å². The van der Waals surface area contributed by atoms with Gasteiger partial charge >= 0.3 is 6.03 Å². The number of rotatable bonds is 8. The van der Waals surface area contributed by atoms with Crippen molar-refractivity contribution < 1.29 is 9.72 Å². The molecule has 136 valence electrons. The minimum absolute atomic E-state index is 0.0236. The Kier molecular flexibility index (Phi) is 5.36. The van der Waals surface area contributed by atoms with Gasteiger partial charge in [-0.2, -0.15) is 0 Å². The molecule has 1 fully saturated rings. The molecule has 0 unspecified atom stereocenters. The molecule has 0 aliphatic heterocycles. The van der Waals surface area contributed by atoms with E-state index in [1.54, 1.807) is 18.2 Å². The van der Waals surface area contributed by atoms with Gasteiger partial charge in [0.2, 0.25) is 0 Å². The minimum Gasteiger partial charge on any atom is -0.378 e. The van der Waals surface area contributed by atoms with E-state index in [0.29, 0.717) is 25.3 Å².